The molecular formula is C3H7NOZn. The van der Waals surface area contributed by atoms with Crippen molar-refractivity contribution in [2.75, 3.05) is 0 Å². The summed E-state index contributed by atoms with van der Waals surface area (Å²) in [6.07, 6.45) is 0.444. The SMILES string of the molecule is CCC(N)=O.[Zn]. The zero-order chi connectivity index (χ0) is 4.28. The van der Waals surface area contributed by atoms with Crippen molar-refractivity contribution in [3.05, 3.63) is 0 Å². The van der Waals surface area contributed by atoms with Crippen LogP contribution in [0.3, 0.4) is 0 Å². The van der Waals surface area contributed by atoms with Crippen molar-refractivity contribution in [1.29, 1.82) is 0 Å². The zero-order valence-electron chi connectivity index (χ0n) is 3.90. The summed E-state index contributed by atoms with van der Waals surface area (Å²) in [5.41, 5.74) is 4.65. The number of carbonyl (C=O) groups excluding carboxylic acids is 1. The molecule has 0 saturated carbocycles. The number of nitrogens with two attached hydrogens (primary N) is 1. The zero-order valence-corrected chi connectivity index (χ0v) is 6.87. The van der Waals surface area contributed by atoms with Crippen LogP contribution in [-0.2, 0) is 24.3 Å². The molecular weight excluding hydrogens is 131 g/mol. The van der Waals surface area contributed by atoms with Gasteiger partial charge in [0.05, 0.1) is 0 Å². The van der Waals surface area contributed by atoms with Gasteiger partial charge in [0.15, 0.2) is 0 Å². The molecule has 0 saturated heterocycles. The largest absolute Gasteiger partial charge is 0.370 e. The Hall–Kier alpha value is 0.0934. The van der Waals surface area contributed by atoms with E-state index in [2.05, 4.69) is 5.73 Å². The molecule has 0 aliphatic rings. The first kappa shape index (κ1) is 9.43. The number of hydrogen-bond acceptors (Lipinski definition) is 1. The van der Waals surface area contributed by atoms with Gasteiger partial charge in [-0.3, -0.25) is 4.79 Å². The normalized spacial score (nSPS) is 6.17. The molecule has 0 fully saturated rings. The van der Waals surface area contributed by atoms with Crippen molar-refractivity contribution >= 4 is 5.91 Å². The Morgan fingerprint density at radius 3 is 2.00 bits per heavy atom. The number of carbonyl (C=O) groups is 1. The van der Waals surface area contributed by atoms with Gasteiger partial charge in [-0.2, -0.15) is 0 Å². The van der Waals surface area contributed by atoms with E-state index in [-0.39, 0.29) is 25.4 Å². The Morgan fingerprint density at radius 1 is 1.83 bits per heavy atom. The summed E-state index contributed by atoms with van der Waals surface area (Å²) in [6.45, 7) is 1.72. The van der Waals surface area contributed by atoms with Gasteiger partial charge in [0.25, 0.3) is 0 Å². The van der Waals surface area contributed by atoms with E-state index < -0.39 is 0 Å². The Bertz CT molecular complexity index is 46.1. The summed E-state index contributed by atoms with van der Waals surface area (Å²) in [7, 11) is 0. The molecule has 0 radical (unpaired) electrons. The van der Waals surface area contributed by atoms with Gasteiger partial charge >= 0.3 is 0 Å². The third-order valence-corrected chi connectivity index (χ3v) is 0.348. The van der Waals surface area contributed by atoms with Crippen LogP contribution >= 0.6 is 0 Å². The van der Waals surface area contributed by atoms with Gasteiger partial charge in [-0.05, 0) is 0 Å². The summed E-state index contributed by atoms with van der Waals surface area (Å²) in [5.74, 6) is -0.245. The molecule has 0 bridgehead atoms. The molecule has 0 unspecified atom stereocenters. The van der Waals surface area contributed by atoms with Crippen LogP contribution in [0.1, 0.15) is 13.3 Å². The van der Waals surface area contributed by atoms with E-state index in [0.717, 1.165) is 0 Å². The van der Waals surface area contributed by atoms with Crippen molar-refractivity contribution in [2.24, 2.45) is 5.73 Å². The fourth-order valence-corrected chi connectivity index (χ4v) is 0. The minimum absolute atomic E-state index is 0. The van der Waals surface area contributed by atoms with Crippen molar-refractivity contribution in [3.8, 4) is 0 Å². The van der Waals surface area contributed by atoms with Crippen molar-refractivity contribution in [1.82, 2.24) is 0 Å². The second kappa shape index (κ2) is 5.09. The quantitative estimate of drug-likeness (QED) is 0.505. The van der Waals surface area contributed by atoms with Crippen molar-refractivity contribution in [2.45, 2.75) is 13.3 Å². The minimum Gasteiger partial charge on any atom is -0.370 e. The van der Waals surface area contributed by atoms with E-state index in [1.807, 2.05) is 0 Å². The number of hydrogen-bond donors (Lipinski definition) is 1. The molecule has 0 aromatic rings. The predicted molar refractivity (Wildman–Crippen MR) is 19.5 cm³/mol. The monoisotopic (exact) mass is 137 g/mol. The molecule has 0 aliphatic carbocycles. The summed E-state index contributed by atoms with van der Waals surface area (Å²) < 4.78 is 0. The van der Waals surface area contributed by atoms with Crippen LogP contribution in [0.5, 0.6) is 0 Å². The van der Waals surface area contributed by atoms with Gasteiger partial charge in [-0.15, -0.1) is 0 Å². The first-order chi connectivity index (χ1) is 2.27. The smallest absolute Gasteiger partial charge is 0.217 e. The van der Waals surface area contributed by atoms with Crippen molar-refractivity contribution < 1.29 is 24.3 Å². The molecule has 3 heteroatoms. The average Bonchev–Trinajstić information content (AvgIpc) is 1.38. The first-order valence-electron chi connectivity index (χ1n) is 1.55. The summed E-state index contributed by atoms with van der Waals surface area (Å²) in [5, 5.41) is 0. The predicted octanol–water partition coefficient (Wildman–Crippen LogP) is -0.121. The first-order valence-corrected chi connectivity index (χ1v) is 1.55. The van der Waals surface area contributed by atoms with E-state index in [1.165, 1.54) is 0 Å². The number of amides is 1. The van der Waals surface area contributed by atoms with E-state index in [0.29, 0.717) is 6.42 Å². The van der Waals surface area contributed by atoms with Crippen LogP contribution in [0.4, 0.5) is 0 Å². The van der Waals surface area contributed by atoms with Crippen LogP contribution < -0.4 is 5.73 Å². The standard InChI is InChI=1S/C3H7NO.Zn/c1-2-3(4)5;/h2H2,1H3,(H2,4,5);. The third-order valence-electron chi connectivity index (χ3n) is 0.348. The van der Waals surface area contributed by atoms with E-state index >= 15 is 0 Å². The summed E-state index contributed by atoms with van der Waals surface area (Å²) in [4.78, 5) is 9.59. The average molecular weight is 138 g/mol. The molecule has 2 nitrogen and oxygen atoms in total. The fourth-order valence-electron chi connectivity index (χ4n) is 0. The topological polar surface area (TPSA) is 43.1 Å². The number of primary amides is 1. The maximum Gasteiger partial charge on any atom is 0.217 e. The summed E-state index contributed by atoms with van der Waals surface area (Å²) >= 11 is 0. The number of rotatable bonds is 1. The molecule has 32 valence electrons. The fraction of sp³-hybridized carbons (Fsp3) is 0.667. The van der Waals surface area contributed by atoms with Crippen LogP contribution in [0.25, 0.3) is 0 Å². The van der Waals surface area contributed by atoms with Crippen LogP contribution in [0, 0.1) is 0 Å². The van der Waals surface area contributed by atoms with Gasteiger partial charge in [0.2, 0.25) is 5.91 Å². The van der Waals surface area contributed by atoms with E-state index in [4.69, 9.17) is 0 Å². The molecule has 0 aromatic heterocycles. The molecule has 0 heterocycles. The second-order valence-corrected chi connectivity index (χ2v) is 0.820. The Labute approximate surface area is 49.9 Å². The molecule has 0 aliphatic heterocycles. The van der Waals surface area contributed by atoms with Gasteiger partial charge in [-0.1, -0.05) is 6.92 Å². The van der Waals surface area contributed by atoms with Crippen LogP contribution in [-0.4, -0.2) is 5.91 Å². The molecule has 1 amide bonds. The van der Waals surface area contributed by atoms with Gasteiger partial charge < -0.3 is 5.73 Å². The molecule has 0 rings (SSSR count). The van der Waals surface area contributed by atoms with Crippen molar-refractivity contribution in [3.63, 3.8) is 0 Å². The summed E-state index contributed by atoms with van der Waals surface area (Å²) in [6, 6.07) is 0. The maximum absolute atomic E-state index is 9.59. The molecule has 0 atom stereocenters. The van der Waals surface area contributed by atoms with Crippen LogP contribution in [0.15, 0.2) is 0 Å². The molecule has 0 spiro atoms. The van der Waals surface area contributed by atoms with E-state index in [9.17, 15) is 4.79 Å². The minimum atomic E-state index is -0.245. The molecule has 0 aromatic carbocycles. The van der Waals surface area contributed by atoms with Gasteiger partial charge in [0, 0.05) is 25.9 Å². The van der Waals surface area contributed by atoms with Crippen LogP contribution in [0.2, 0.25) is 0 Å². The maximum atomic E-state index is 9.59. The molecule has 6 heavy (non-hydrogen) atoms. The van der Waals surface area contributed by atoms with Gasteiger partial charge in [0.1, 0.15) is 0 Å². The van der Waals surface area contributed by atoms with Gasteiger partial charge in [-0.25, -0.2) is 0 Å². The third kappa shape index (κ3) is 8.94. The van der Waals surface area contributed by atoms with E-state index in [1.54, 1.807) is 6.92 Å². The second-order valence-electron chi connectivity index (χ2n) is 0.820. The molecule has 2 N–H and O–H groups in total. The Kier molecular flexibility index (Phi) is 8.01. The Balaban J connectivity index is 0. The Morgan fingerprint density at radius 2 is 2.00 bits per heavy atom.